The van der Waals surface area contributed by atoms with E-state index in [2.05, 4.69) is 49.0 Å². The number of aryl methyl sites for hydroxylation is 1. The van der Waals surface area contributed by atoms with Crippen molar-refractivity contribution in [2.75, 3.05) is 13.6 Å². The summed E-state index contributed by atoms with van der Waals surface area (Å²) in [4.78, 5) is 4.72. The Morgan fingerprint density at radius 2 is 2.11 bits per heavy atom. The summed E-state index contributed by atoms with van der Waals surface area (Å²) < 4.78 is 2.23. The van der Waals surface area contributed by atoms with Crippen molar-refractivity contribution in [3.05, 3.63) is 29.6 Å². The molecule has 1 N–H and O–H groups in total. The van der Waals surface area contributed by atoms with Crippen LogP contribution in [0, 0.1) is 5.92 Å². The summed E-state index contributed by atoms with van der Waals surface area (Å²) in [6.45, 7) is 5.48. The van der Waals surface area contributed by atoms with Gasteiger partial charge < -0.3 is 9.88 Å². The molecule has 0 spiro atoms. The first-order valence-electron chi connectivity index (χ1n) is 6.70. The normalized spacial score (nSPS) is 11.6. The molecule has 0 bridgehead atoms. The van der Waals surface area contributed by atoms with Crippen LogP contribution < -0.4 is 5.32 Å². The van der Waals surface area contributed by atoms with Crippen LogP contribution in [-0.4, -0.2) is 23.1 Å². The Labute approximate surface area is 109 Å². The topological polar surface area (TPSA) is 29.9 Å². The van der Waals surface area contributed by atoms with Crippen LogP contribution in [0.2, 0.25) is 0 Å². The third kappa shape index (κ3) is 2.72. The van der Waals surface area contributed by atoms with Crippen molar-refractivity contribution < 1.29 is 0 Å². The molecule has 1 heterocycles. The molecule has 0 aliphatic heterocycles. The highest BCUT2D eigenvalue weighted by atomic mass is 15.1. The van der Waals surface area contributed by atoms with E-state index in [1.165, 1.54) is 16.9 Å². The van der Waals surface area contributed by atoms with Crippen LogP contribution in [0.3, 0.4) is 0 Å². The number of imidazole rings is 1. The maximum absolute atomic E-state index is 4.72. The van der Waals surface area contributed by atoms with Gasteiger partial charge in [-0.2, -0.15) is 0 Å². The number of benzene rings is 1. The van der Waals surface area contributed by atoms with Crippen molar-refractivity contribution in [3.63, 3.8) is 0 Å². The molecule has 2 aromatic rings. The van der Waals surface area contributed by atoms with Crippen LogP contribution in [0.25, 0.3) is 11.0 Å². The fourth-order valence-electron chi connectivity index (χ4n) is 2.26. The third-order valence-electron chi connectivity index (χ3n) is 3.29. The Bertz CT molecular complexity index is 526. The monoisotopic (exact) mass is 245 g/mol. The predicted molar refractivity (Wildman–Crippen MR) is 76.9 cm³/mol. The molecule has 98 valence electrons. The molecule has 3 nitrogen and oxygen atoms in total. The molecule has 0 aliphatic carbocycles. The zero-order valence-electron chi connectivity index (χ0n) is 11.8. The molecule has 1 aromatic carbocycles. The van der Waals surface area contributed by atoms with Crippen molar-refractivity contribution in [3.8, 4) is 0 Å². The Hall–Kier alpha value is -1.35. The SMILES string of the molecule is CNCCc1ccc2nc(CC(C)C)n(C)c2c1. The van der Waals surface area contributed by atoms with Gasteiger partial charge in [0.25, 0.3) is 0 Å². The largest absolute Gasteiger partial charge is 0.331 e. The predicted octanol–water partition coefficient (Wildman–Crippen LogP) is 2.53. The second-order valence-electron chi connectivity index (χ2n) is 5.36. The number of likely N-dealkylation sites (N-methyl/N-ethyl adjacent to an activating group) is 1. The zero-order chi connectivity index (χ0) is 13.1. The summed E-state index contributed by atoms with van der Waals surface area (Å²) in [5.41, 5.74) is 3.73. The van der Waals surface area contributed by atoms with Gasteiger partial charge in [0.05, 0.1) is 11.0 Å². The lowest BCUT2D eigenvalue weighted by Crippen LogP contribution is -2.10. The van der Waals surface area contributed by atoms with Crippen LogP contribution in [-0.2, 0) is 19.9 Å². The maximum Gasteiger partial charge on any atom is 0.109 e. The highest BCUT2D eigenvalue weighted by Crippen LogP contribution is 2.19. The number of fused-ring (bicyclic) bond motifs is 1. The highest BCUT2D eigenvalue weighted by molar-refractivity contribution is 5.76. The molecular weight excluding hydrogens is 222 g/mol. The van der Waals surface area contributed by atoms with Crippen molar-refractivity contribution in [1.29, 1.82) is 0 Å². The van der Waals surface area contributed by atoms with E-state index in [-0.39, 0.29) is 0 Å². The molecule has 18 heavy (non-hydrogen) atoms. The summed E-state index contributed by atoms with van der Waals surface area (Å²) >= 11 is 0. The molecular formula is C15H23N3. The smallest absolute Gasteiger partial charge is 0.109 e. The van der Waals surface area contributed by atoms with Gasteiger partial charge in [-0.05, 0) is 43.6 Å². The van der Waals surface area contributed by atoms with Crippen LogP contribution >= 0.6 is 0 Å². The van der Waals surface area contributed by atoms with Gasteiger partial charge in [0, 0.05) is 13.5 Å². The molecule has 0 atom stereocenters. The molecule has 0 saturated heterocycles. The first-order chi connectivity index (χ1) is 8.61. The number of nitrogens with zero attached hydrogens (tertiary/aromatic N) is 2. The summed E-state index contributed by atoms with van der Waals surface area (Å²) in [5.74, 6) is 1.83. The van der Waals surface area contributed by atoms with E-state index in [1.807, 2.05) is 7.05 Å². The highest BCUT2D eigenvalue weighted by Gasteiger charge is 2.09. The second-order valence-corrected chi connectivity index (χ2v) is 5.36. The van der Waals surface area contributed by atoms with Crippen LogP contribution in [0.5, 0.6) is 0 Å². The Kier molecular flexibility index (Phi) is 4.02. The zero-order valence-corrected chi connectivity index (χ0v) is 11.8. The second kappa shape index (κ2) is 5.53. The Balaban J connectivity index is 2.34. The van der Waals surface area contributed by atoms with Gasteiger partial charge in [-0.15, -0.1) is 0 Å². The van der Waals surface area contributed by atoms with E-state index in [9.17, 15) is 0 Å². The molecule has 0 aliphatic rings. The summed E-state index contributed by atoms with van der Waals surface area (Å²) in [7, 11) is 4.11. The van der Waals surface area contributed by atoms with Gasteiger partial charge in [-0.3, -0.25) is 0 Å². The summed E-state index contributed by atoms with van der Waals surface area (Å²) in [6, 6.07) is 6.60. The van der Waals surface area contributed by atoms with E-state index in [1.54, 1.807) is 0 Å². The molecule has 0 fully saturated rings. The Morgan fingerprint density at radius 1 is 1.33 bits per heavy atom. The van der Waals surface area contributed by atoms with Crippen molar-refractivity contribution in [2.24, 2.45) is 13.0 Å². The standard InChI is InChI=1S/C15H23N3/c1-11(2)9-15-17-13-6-5-12(7-8-16-3)10-14(13)18(15)4/h5-6,10-11,16H,7-9H2,1-4H3. The number of rotatable bonds is 5. The minimum atomic E-state index is 0.643. The van der Waals surface area contributed by atoms with E-state index in [0.29, 0.717) is 5.92 Å². The first-order valence-corrected chi connectivity index (χ1v) is 6.70. The molecule has 2 rings (SSSR count). The molecule has 0 saturated carbocycles. The molecule has 3 heteroatoms. The van der Waals surface area contributed by atoms with Crippen molar-refractivity contribution >= 4 is 11.0 Å². The van der Waals surface area contributed by atoms with E-state index in [4.69, 9.17) is 4.98 Å². The average Bonchev–Trinajstić information content (AvgIpc) is 2.63. The van der Waals surface area contributed by atoms with Gasteiger partial charge in [0.1, 0.15) is 5.82 Å². The van der Waals surface area contributed by atoms with Crippen LogP contribution in [0.1, 0.15) is 25.2 Å². The van der Waals surface area contributed by atoms with Crippen molar-refractivity contribution in [2.45, 2.75) is 26.7 Å². The maximum atomic E-state index is 4.72. The van der Waals surface area contributed by atoms with Gasteiger partial charge in [-0.1, -0.05) is 19.9 Å². The lowest BCUT2D eigenvalue weighted by Gasteiger charge is -2.05. The van der Waals surface area contributed by atoms with Crippen LogP contribution in [0.15, 0.2) is 18.2 Å². The summed E-state index contributed by atoms with van der Waals surface area (Å²) in [6.07, 6.45) is 2.11. The van der Waals surface area contributed by atoms with Gasteiger partial charge >= 0.3 is 0 Å². The first kappa shape index (κ1) is 13.1. The van der Waals surface area contributed by atoms with E-state index < -0.39 is 0 Å². The minimum Gasteiger partial charge on any atom is -0.331 e. The van der Waals surface area contributed by atoms with Crippen molar-refractivity contribution in [1.82, 2.24) is 14.9 Å². The quantitative estimate of drug-likeness (QED) is 0.877. The fraction of sp³-hybridized carbons (Fsp3) is 0.533. The van der Waals surface area contributed by atoms with E-state index in [0.717, 1.165) is 24.9 Å². The van der Waals surface area contributed by atoms with Gasteiger partial charge in [0.15, 0.2) is 0 Å². The lowest BCUT2D eigenvalue weighted by molar-refractivity contribution is 0.606. The number of nitrogens with one attached hydrogen (secondary N) is 1. The molecule has 0 radical (unpaired) electrons. The fourth-order valence-corrected chi connectivity index (χ4v) is 2.26. The number of aromatic nitrogens is 2. The Morgan fingerprint density at radius 3 is 2.78 bits per heavy atom. The average molecular weight is 245 g/mol. The van der Waals surface area contributed by atoms with Gasteiger partial charge in [-0.25, -0.2) is 4.98 Å². The van der Waals surface area contributed by atoms with E-state index >= 15 is 0 Å². The summed E-state index contributed by atoms with van der Waals surface area (Å²) in [5, 5.41) is 3.19. The third-order valence-corrected chi connectivity index (χ3v) is 3.29. The molecule has 0 amide bonds. The minimum absolute atomic E-state index is 0.643. The van der Waals surface area contributed by atoms with Crippen LogP contribution in [0.4, 0.5) is 0 Å². The van der Waals surface area contributed by atoms with Gasteiger partial charge in [0.2, 0.25) is 0 Å². The number of hydrogen-bond acceptors (Lipinski definition) is 2. The molecule has 0 unspecified atom stereocenters. The lowest BCUT2D eigenvalue weighted by atomic mass is 10.1. The number of hydrogen-bond donors (Lipinski definition) is 1. The molecule has 1 aromatic heterocycles.